The van der Waals surface area contributed by atoms with E-state index in [2.05, 4.69) is 4.74 Å². The Labute approximate surface area is 81.9 Å². The molecule has 2 atom stereocenters. The van der Waals surface area contributed by atoms with Crippen molar-refractivity contribution in [1.82, 2.24) is 0 Å². The first-order chi connectivity index (χ1) is 6.35. The molecule has 0 aromatic carbocycles. The van der Waals surface area contributed by atoms with Crippen molar-refractivity contribution in [3.05, 3.63) is 11.6 Å². The molecule has 14 heavy (non-hydrogen) atoms. The molecule has 4 heteroatoms. The lowest BCUT2D eigenvalue weighted by Gasteiger charge is -2.13. The van der Waals surface area contributed by atoms with Crippen LogP contribution >= 0.6 is 0 Å². The zero-order chi connectivity index (χ0) is 10.9. The van der Waals surface area contributed by atoms with E-state index in [1.807, 2.05) is 13.8 Å². The fraction of sp³-hybridized carbons (Fsp3) is 0.700. The normalized spacial score (nSPS) is 29.9. The first kappa shape index (κ1) is 11.1. The summed E-state index contributed by atoms with van der Waals surface area (Å²) in [7, 11) is 0. The van der Waals surface area contributed by atoms with E-state index in [9.17, 15) is 13.6 Å². The number of carbonyl (C=O) groups excluding carboxylic acids is 1. The van der Waals surface area contributed by atoms with Crippen LogP contribution in [0.1, 0.15) is 27.2 Å². The second-order valence-electron chi connectivity index (χ2n) is 3.87. The third-order valence-corrected chi connectivity index (χ3v) is 2.42. The molecule has 2 nitrogen and oxygen atoms in total. The molecule has 0 aliphatic carbocycles. The zero-order valence-corrected chi connectivity index (χ0v) is 8.51. The highest BCUT2D eigenvalue weighted by molar-refractivity contribution is 5.80. The Bertz CT molecular complexity index is 267. The van der Waals surface area contributed by atoms with Crippen molar-refractivity contribution < 1.29 is 18.3 Å². The Hall–Kier alpha value is -0.930. The lowest BCUT2D eigenvalue weighted by Crippen LogP contribution is -2.30. The number of allylic oxidation sites excluding steroid dienone is 1. The molecule has 0 bridgehead atoms. The average molecular weight is 204 g/mol. The number of carbonyl (C=O) groups is 1. The Morgan fingerprint density at radius 1 is 1.57 bits per heavy atom. The summed E-state index contributed by atoms with van der Waals surface area (Å²) < 4.78 is 30.6. The first-order valence-corrected chi connectivity index (χ1v) is 4.58. The summed E-state index contributed by atoms with van der Waals surface area (Å²) in [5.41, 5.74) is 1.03. The molecule has 1 rings (SSSR count). The van der Waals surface area contributed by atoms with Gasteiger partial charge in [-0.3, -0.25) is 0 Å². The van der Waals surface area contributed by atoms with Crippen LogP contribution in [0, 0.1) is 5.92 Å². The smallest absolute Gasteiger partial charge is 0.377 e. The molecule has 1 fully saturated rings. The van der Waals surface area contributed by atoms with E-state index in [1.165, 1.54) is 6.92 Å². The van der Waals surface area contributed by atoms with E-state index in [0.717, 1.165) is 5.57 Å². The first-order valence-electron chi connectivity index (χ1n) is 4.58. The minimum absolute atomic E-state index is 0.366. The van der Waals surface area contributed by atoms with Crippen molar-refractivity contribution in [3.63, 3.8) is 0 Å². The van der Waals surface area contributed by atoms with E-state index in [0.29, 0.717) is 6.42 Å². The third-order valence-electron chi connectivity index (χ3n) is 2.42. The number of hydrogen-bond acceptors (Lipinski definition) is 2. The van der Waals surface area contributed by atoms with Gasteiger partial charge in [-0.15, -0.1) is 0 Å². The average Bonchev–Trinajstić information content (AvgIpc) is 2.26. The van der Waals surface area contributed by atoms with Crippen LogP contribution < -0.4 is 0 Å². The minimum atomic E-state index is -3.32. The Morgan fingerprint density at radius 3 is 2.50 bits per heavy atom. The Kier molecular flexibility index (Phi) is 2.92. The SMILES string of the molecule is CC(C)=CC[C@@H]1OC(=O)C(F)(F)[C@H]1C. The number of ether oxygens (including phenoxy) is 1. The molecule has 1 aliphatic rings. The molecule has 0 unspecified atom stereocenters. The molecule has 80 valence electrons. The van der Waals surface area contributed by atoms with E-state index in [1.54, 1.807) is 6.08 Å². The van der Waals surface area contributed by atoms with Gasteiger partial charge < -0.3 is 4.74 Å². The van der Waals surface area contributed by atoms with Crippen molar-refractivity contribution in [2.45, 2.75) is 39.2 Å². The molecule has 0 amide bonds. The van der Waals surface area contributed by atoms with Gasteiger partial charge in [0.15, 0.2) is 0 Å². The van der Waals surface area contributed by atoms with Crippen LogP contribution in [0.2, 0.25) is 0 Å². The summed E-state index contributed by atoms with van der Waals surface area (Å²) >= 11 is 0. The minimum Gasteiger partial charge on any atom is -0.457 e. The van der Waals surface area contributed by atoms with Gasteiger partial charge in [-0.05, 0) is 13.8 Å². The Balaban J connectivity index is 2.68. The predicted molar refractivity (Wildman–Crippen MR) is 48.0 cm³/mol. The van der Waals surface area contributed by atoms with E-state index >= 15 is 0 Å². The number of cyclic esters (lactones) is 1. The number of rotatable bonds is 2. The lowest BCUT2D eigenvalue weighted by molar-refractivity contribution is -0.160. The van der Waals surface area contributed by atoms with Crippen molar-refractivity contribution in [2.24, 2.45) is 5.92 Å². The standard InChI is InChI=1S/C10H14F2O2/c1-6(2)4-5-8-7(3)10(11,12)9(13)14-8/h4,7-8H,5H2,1-3H3/t7-,8-/m0/s1. The number of hydrogen-bond donors (Lipinski definition) is 0. The van der Waals surface area contributed by atoms with Crippen LogP contribution in [-0.2, 0) is 9.53 Å². The van der Waals surface area contributed by atoms with Crippen LogP contribution in [0.4, 0.5) is 8.78 Å². The van der Waals surface area contributed by atoms with Crippen molar-refractivity contribution in [3.8, 4) is 0 Å². The fourth-order valence-corrected chi connectivity index (χ4v) is 1.34. The van der Waals surface area contributed by atoms with Gasteiger partial charge in [-0.2, -0.15) is 8.78 Å². The highest BCUT2D eigenvalue weighted by atomic mass is 19.3. The lowest BCUT2D eigenvalue weighted by atomic mass is 9.97. The quantitative estimate of drug-likeness (QED) is 0.510. The molecule has 0 radical (unpaired) electrons. The van der Waals surface area contributed by atoms with E-state index in [-0.39, 0.29) is 0 Å². The molecular formula is C10H14F2O2. The van der Waals surface area contributed by atoms with Gasteiger partial charge in [0.1, 0.15) is 6.10 Å². The van der Waals surface area contributed by atoms with Gasteiger partial charge in [-0.1, -0.05) is 18.6 Å². The molecule has 0 spiro atoms. The molecule has 0 aromatic rings. The molecule has 0 saturated carbocycles. The van der Waals surface area contributed by atoms with Crippen molar-refractivity contribution in [2.75, 3.05) is 0 Å². The van der Waals surface area contributed by atoms with Gasteiger partial charge in [0.25, 0.3) is 0 Å². The van der Waals surface area contributed by atoms with E-state index < -0.39 is 23.9 Å². The number of alkyl halides is 2. The maximum absolute atomic E-state index is 13.0. The topological polar surface area (TPSA) is 26.3 Å². The summed E-state index contributed by atoms with van der Waals surface area (Å²) in [4.78, 5) is 10.8. The highest BCUT2D eigenvalue weighted by Gasteiger charge is 2.56. The zero-order valence-electron chi connectivity index (χ0n) is 8.51. The summed E-state index contributed by atoms with van der Waals surface area (Å²) in [5, 5.41) is 0. The van der Waals surface area contributed by atoms with Crippen LogP contribution in [-0.4, -0.2) is 18.0 Å². The fourth-order valence-electron chi connectivity index (χ4n) is 1.34. The van der Waals surface area contributed by atoms with Crippen LogP contribution in [0.15, 0.2) is 11.6 Å². The van der Waals surface area contributed by atoms with Crippen molar-refractivity contribution in [1.29, 1.82) is 0 Å². The molecule has 0 N–H and O–H groups in total. The number of halogens is 2. The van der Waals surface area contributed by atoms with Gasteiger partial charge in [0.2, 0.25) is 0 Å². The molecule has 0 aromatic heterocycles. The van der Waals surface area contributed by atoms with Crippen LogP contribution in [0.5, 0.6) is 0 Å². The summed E-state index contributed by atoms with van der Waals surface area (Å²) in [6.07, 6.45) is 1.48. The summed E-state index contributed by atoms with van der Waals surface area (Å²) in [6.45, 7) is 5.09. The summed E-state index contributed by atoms with van der Waals surface area (Å²) in [5.74, 6) is -5.75. The van der Waals surface area contributed by atoms with Gasteiger partial charge in [0.05, 0.1) is 5.92 Å². The van der Waals surface area contributed by atoms with Gasteiger partial charge >= 0.3 is 11.9 Å². The molecule has 1 aliphatic heterocycles. The van der Waals surface area contributed by atoms with Gasteiger partial charge in [-0.25, -0.2) is 4.79 Å². The van der Waals surface area contributed by atoms with Crippen LogP contribution in [0.25, 0.3) is 0 Å². The van der Waals surface area contributed by atoms with Crippen molar-refractivity contribution >= 4 is 5.97 Å². The van der Waals surface area contributed by atoms with Crippen LogP contribution in [0.3, 0.4) is 0 Å². The largest absolute Gasteiger partial charge is 0.457 e. The van der Waals surface area contributed by atoms with Gasteiger partial charge in [0, 0.05) is 6.42 Å². The highest BCUT2D eigenvalue weighted by Crippen LogP contribution is 2.38. The molecule has 1 heterocycles. The molecular weight excluding hydrogens is 190 g/mol. The predicted octanol–water partition coefficient (Wildman–Crippen LogP) is 2.54. The second kappa shape index (κ2) is 3.67. The van der Waals surface area contributed by atoms with E-state index in [4.69, 9.17) is 0 Å². The summed E-state index contributed by atoms with van der Waals surface area (Å²) in [6, 6.07) is 0. The maximum Gasteiger partial charge on any atom is 0.377 e. The number of esters is 1. The molecule has 1 saturated heterocycles. The maximum atomic E-state index is 13.0. The monoisotopic (exact) mass is 204 g/mol. The Morgan fingerprint density at radius 2 is 2.14 bits per heavy atom. The third kappa shape index (κ3) is 1.94. The second-order valence-corrected chi connectivity index (χ2v) is 3.87.